The van der Waals surface area contributed by atoms with E-state index in [4.69, 9.17) is 14.2 Å². The summed E-state index contributed by atoms with van der Waals surface area (Å²) in [5.74, 6) is 0.132. The molecule has 2 unspecified atom stereocenters. The van der Waals surface area contributed by atoms with Gasteiger partial charge in [-0.15, -0.1) is 0 Å². The molecule has 0 spiro atoms. The number of methoxy groups -OCH3 is 1. The summed E-state index contributed by atoms with van der Waals surface area (Å²) in [4.78, 5) is 25.8. The molecule has 0 radical (unpaired) electrons. The maximum absolute atomic E-state index is 12.3. The number of ether oxygens (including phenoxy) is 3. The lowest BCUT2D eigenvalue weighted by atomic mass is 10.2. The third-order valence-corrected chi connectivity index (χ3v) is 4.01. The molecule has 2 rings (SSSR count). The van der Waals surface area contributed by atoms with Crippen molar-refractivity contribution in [3.63, 3.8) is 0 Å². The highest BCUT2D eigenvalue weighted by atomic mass is 16.5. The van der Waals surface area contributed by atoms with E-state index in [0.29, 0.717) is 18.0 Å². The van der Waals surface area contributed by atoms with Gasteiger partial charge in [-0.25, -0.2) is 0 Å². The molecule has 1 N–H and O–H groups in total. The molecule has 1 heterocycles. The van der Waals surface area contributed by atoms with E-state index in [1.165, 1.54) is 4.90 Å². The lowest BCUT2D eigenvalue weighted by Crippen LogP contribution is -2.41. The normalized spacial score (nSPS) is 17.8. The highest BCUT2D eigenvalue weighted by Gasteiger charge is 2.23. The van der Waals surface area contributed by atoms with Gasteiger partial charge in [-0.1, -0.05) is 6.07 Å². The summed E-state index contributed by atoms with van der Waals surface area (Å²) in [6.07, 6.45) is 1.44. The van der Waals surface area contributed by atoms with Crippen molar-refractivity contribution in [2.24, 2.45) is 0 Å². The fourth-order valence-electron chi connectivity index (χ4n) is 2.60. The molecular weight excluding hydrogens is 324 g/mol. The van der Waals surface area contributed by atoms with Gasteiger partial charge in [0.05, 0.1) is 26.4 Å². The van der Waals surface area contributed by atoms with Gasteiger partial charge >= 0.3 is 0 Å². The van der Waals surface area contributed by atoms with Crippen LogP contribution in [-0.4, -0.2) is 62.8 Å². The van der Waals surface area contributed by atoms with Crippen molar-refractivity contribution in [3.8, 4) is 5.75 Å². The largest absolute Gasteiger partial charge is 0.497 e. The predicted molar refractivity (Wildman–Crippen MR) is 93.6 cm³/mol. The highest BCUT2D eigenvalue weighted by molar-refractivity contribution is 5.95. The number of carbonyl (C=O) groups is 2. The van der Waals surface area contributed by atoms with Crippen molar-refractivity contribution in [1.82, 2.24) is 4.90 Å². The SMILES string of the molecule is COc1cccc(NC(=O)CN(C)C(=O)C(C)OCC2CCCO2)c1. The zero-order chi connectivity index (χ0) is 18.2. The van der Waals surface area contributed by atoms with E-state index in [1.54, 1.807) is 45.3 Å². The van der Waals surface area contributed by atoms with Crippen LogP contribution in [0.5, 0.6) is 5.75 Å². The molecule has 1 saturated heterocycles. The molecule has 1 aliphatic heterocycles. The van der Waals surface area contributed by atoms with E-state index in [-0.39, 0.29) is 24.5 Å². The van der Waals surface area contributed by atoms with Gasteiger partial charge in [0.1, 0.15) is 11.9 Å². The number of benzene rings is 1. The standard InChI is InChI=1S/C18H26N2O5/c1-13(25-12-16-8-5-9-24-16)18(22)20(2)11-17(21)19-14-6-4-7-15(10-14)23-3/h4,6-7,10,13,16H,5,8-9,11-12H2,1-3H3,(H,19,21). The molecule has 7 heteroatoms. The average Bonchev–Trinajstić information content (AvgIpc) is 3.12. The second-order valence-electron chi connectivity index (χ2n) is 6.09. The minimum absolute atomic E-state index is 0.0519. The molecule has 138 valence electrons. The number of amides is 2. The van der Waals surface area contributed by atoms with Gasteiger partial charge in [0, 0.05) is 25.4 Å². The first-order valence-electron chi connectivity index (χ1n) is 8.41. The van der Waals surface area contributed by atoms with E-state index in [1.807, 2.05) is 0 Å². The first-order chi connectivity index (χ1) is 12.0. The Morgan fingerprint density at radius 1 is 1.44 bits per heavy atom. The summed E-state index contributed by atoms with van der Waals surface area (Å²) in [5.41, 5.74) is 0.618. The number of anilines is 1. The molecule has 7 nitrogen and oxygen atoms in total. The Kier molecular flexibility index (Phi) is 7.21. The van der Waals surface area contributed by atoms with Crippen LogP contribution in [0.2, 0.25) is 0 Å². The summed E-state index contributed by atoms with van der Waals surface area (Å²) < 4.78 is 16.2. The molecule has 2 amide bonds. The molecule has 2 atom stereocenters. The lowest BCUT2D eigenvalue weighted by Gasteiger charge is -2.22. The van der Waals surface area contributed by atoms with Crippen LogP contribution in [0.3, 0.4) is 0 Å². The van der Waals surface area contributed by atoms with Gasteiger partial charge < -0.3 is 24.4 Å². The van der Waals surface area contributed by atoms with Crippen LogP contribution in [-0.2, 0) is 19.1 Å². The topological polar surface area (TPSA) is 77.1 Å². The van der Waals surface area contributed by atoms with E-state index >= 15 is 0 Å². The number of carbonyl (C=O) groups excluding carboxylic acids is 2. The van der Waals surface area contributed by atoms with Crippen LogP contribution >= 0.6 is 0 Å². The number of rotatable bonds is 8. The Morgan fingerprint density at radius 2 is 2.24 bits per heavy atom. The molecule has 1 aromatic carbocycles. The average molecular weight is 350 g/mol. The number of likely N-dealkylation sites (N-methyl/N-ethyl adjacent to an activating group) is 1. The third kappa shape index (κ3) is 6.03. The Hall–Kier alpha value is -2.12. The van der Waals surface area contributed by atoms with Crippen molar-refractivity contribution in [2.45, 2.75) is 32.0 Å². The van der Waals surface area contributed by atoms with Crippen molar-refractivity contribution in [1.29, 1.82) is 0 Å². The minimum Gasteiger partial charge on any atom is -0.497 e. The summed E-state index contributed by atoms with van der Waals surface area (Å²) in [7, 11) is 3.14. The Morgan fingerprint density at radius 3 is 2.92 bits per heavy atom. The Balaban J connectivity index is 1.77. The summed E-state index contributed by atoms with van der Waals surface area (Å²) >= 11 is 0. The molecular formula is C18H26N2O5. The van der Waals surface area contributed by atoms with Gasteiger partial charge in [-0.2, -0.15) is 0 Å². The van der Waals surface area contributed by atoms with Gasteiger partial charge in [0.25, 0.3) is 5.91 Å². The van der Waals surface area contributed by atoms with Crippen LogP contribution in [0.1, 0.15) is 19.8 Å². The van der Waals surface area contributed by atoms with Crippen molar-refractivity contribution in [3.05, 3.63) is 24.3 Å². The zero-order valence-corrected chi connectivity index (χ0v) is 15.0. The van der Waals surface area contributed by atoms with E-state index < -0.39 is 6.10 Å². The van der Waals surface area contributed by atoms with Crippen molar-refractivity contribution < 1.29 is 23.8 Å². The van der Waals surface area contributed by atoms with E-state index in [2.05, 4.69) is 5.32 Å². The smallest absolute Gasteiger partial charge is 0.251 e. The molecule has 0 aliphatic carbocycles. The maximum Gasteiger partial charge on any atom is 0.251 e. The van der Waals surface area contributed by atoms with E-state index in [0.717, 1.165) is 19.4 Å². The lowest BCUT2D eigenvalue weighted by molar-refractivity contribution is -0.145. The zero-order valence-electron chi connectivity index (χ0n) is 15.0. The van der Waals surface area contributed by atoms with Crippen LogP contribution in [0.4, 0.5) is 5.69 Å². The molecule has 0 bridgehead atoms. The first-order valence-corrected chi connectivity index (χ1v) is 8.41. The third-order valence-electron chi connectivity index (χ3n) is 4.01. The molecule has 1 aromatic rings. The van der Waals surface area contributed by atoms with Crippen molar-refractivity contribution in [2.75, 3.05) is 39.2 Å². The van der Waals surface area contributed by atoms with Crippen LogP contribution in [0.25, 0.3) is 0 Å². The van der Waals surface area contributed by atoms with Crippen LogP contribution in [0.15, 0.2) is 24.3 Å². The highest BCUT2D eigenvalue weighted by Crippen LogP contribution is 2.16. The monoisotopic (exact) mass is 350 g/mol. The van der Waals surface area contributed by atoms with Gasteiger partial charge in [-0.05, 0) is 31.9 Å². The Bertz CT molecular complexity index is 587. The fraction of sp³-hybridized carbons (Fsp3) is 0.556. The van der Waals surface area contributed by atoms with Crippen LogP contribution in [0, 0.1) is 0 Å². The number of nitrogens with zero attached hydrogens (tertiary/aromatic N) is 1. The number of nitrogens with one attached hydrogen (secondary N) is 1. The van der Waals surface area contributed by atoms with Gasteiger partial charge in [0.2, 0.25) is 5.91 Å². The number of hydrogen-bond acceptors (Lipinski definition) is 5. The first kappa shape index (κ1) is 19.2. The molecule has 1 fully saturated rings. The van der Waals surface area contributed by atoms with Crippen LogP contribution < -0.4 is 10.1 Å². The molecule has 1 aliphatic rings. The summed E-state index contributed by atoms with van der Waals surface area (Å²) in [5, 5.41) is 2.74. The van der Waals surface area contributed by atoms with E-state index in [9.17, 15) is 9.59 Å². The quantitative estimate of drug-likeness (QED) is 0.772. The maximum atomic E-state index is 12.3. The summed E-state index contributed by atoms with van der Waals surface area (Å²) in [6.45, 7) is 2.79. The minimum atomic E-state index is -0.612. The fourth-order valence-corrected chi connectivity index (χ4v) is 2.60. The molecule has 0 aromatic heterocycles. The van der Waals surface area contributed by atoms with Gasteiger partial charge in [-0.3, -0.25) is 9.59 Å². The molecule has 0 saturated carbocycles. The molecule has 25 heavy (non-hydrogen) atoms. The predicted octanol–water partition coefficient (Wildman–Crippen LogP) is 1.68. The number of hydrogen-bond donors (Lipinski definition) is 1. The Labute approximate surface area is 148 Å². The van der Waals surface area contributed by atoms with Crippen molar-refractivity contribution >= 4 is 17.5 Å². The summed E-state index contributed by atoms with van der Waals surface area (Å²) in [6, 6.07) is 7.05. The van der Waals surface area contributed by atoms with Gasteiger partial charge in [0.15, 0.2) is 0 Å². The second-order valence-corrected chi connectivity index (χ2v) is 6.09. The second kappa shape index (κ2) is 9.39.